The molecule has 3 rings (SSSR count). The predicted octanol–water partition coefficient (Wildman–Crippen LogP) is 3.83. The molecule has 2 aromatic carbocycles. The van der Waals surface area contributed by atoms with Crippen LogP contribution < -0.4 is 16.2 Å². The Morgan fingerprint density at radius 1 is 0.966 bits per heavy atom. The summed E-state index contributed by atoms with van der Waals surface area (Å²) in [4.78, 5) is 29.2. The third-order valence-electron chi connectivity index (χ3n) is 4.40. The first kappa shape index (κ1) is 20.2. The van der Waals surface area contributed by atoms with E-state index in [9.17, 15) is 18.4 Å². The second-order valence-electron chi connectivity index (χ2n) is 6.75. The average molecular weight is 398 g/mol. The van der Waals surface area contributed by atoms with Crippen LogP contribution in [0.4, 0.5) is 26.1 Å². The number of hydrogen-bond donors (Lipinski definition) is 2. The molecule has 0 aliphatic carbocycles. The summed E-state index contributed by atoms with van der Waals surface area (Å²) in [5.41, 5.74) is 3.08. The molecule has 1 amide bonds. The maximum absolute atomic E-state index is 13.3. The first-order chi connectivity index (χ1) is 13.7. The molecule has 150 valence electrons. The van der Waals surface area contributed by atoms with E-state index in [2.05, 4.69) is 15.6 Å². The summed E-state index contributed by atoms with van der Waals surface area (Å²) >= 11 is 0. The van der Waals surface area contributed by atoms with Crippen molar-refractivity contribution < 1.29 is 13.6 Å². The molecule has 29 heavy (non-hydrogen) atoms. The van der Waals surface area contributed by atoms with Crippen LogP contribution in [0.3, 0.4) is 0 Å². The third kappa shape index (κ3) is 4.84. The highest BCUT2D eigenvalue weighted by atomic mass is 19.2. The zero-order valence-corrected chi connectivity index (χ0v) is 16.2. The molecule has 6 nitrogen and oxygen atoms in total. The van der Waals surface area contributed by atoms with Crippen molar-refractivity contribution in [2.45, 2.75) is 27.3 Å². The standard InChI is InChI=1S/C21H20F2N4O2/c1-12-4-5-15(8-13(12)2)26-21-24-14(3)9-20(29)27(21)11-19(28)25-16-6-7-17(22)18(23)10-16/h4-10H,11H2,1-3H3,(H,24,26)(H,25,28). The Morgan fingerprint density at radius 3 is 2.38 bits per heavy atom. The number of halogens is 2. The fraction of sp³-hybridized carbons (Fsp3) is 0.190. The van der Waals surface area contributed by atoms with Crippen molar-refractivity contribution in [1.29, 1.82) is 0 Å². The molecular weight excluding hydrogens is 378 g/mol. The average Bonchev–Trinajstić information content (AvgIpc) is 2.64. The van der Waals surface area contributed by atoms with Gasteiger partial charge in [-0.3, -0.25) is 14.2 Å². The molecular formula is C21H20F2N4O2. The lowest BCUT2D eigenvalue weighted by molar-refractivity contribution is -0.116. The van der Waals surface area contributed by atoms with Crippen LogP contribution in [0.1, 0.15) is 16.8 Å². The number of carbonyl (C=O) groups excluding carboxylic acids is 1. The topological polar surface area (TPSA) is 76.0 Å². The van der Waals surface area contributed by atoms with E-state index in [1.54, 1.807) is 6.92 Å². The number of carbonyl (C=O) groups is 1. The number of amides is 1. The summed E-state index contributed by atoms with van der Waals surface area (Å²) < 4.78 is 27.5. The minimum absolute atomic E-state index is 0.0886. The van der Waals surface area contributed by atoms with Crippen molar-refractivity contribution in [3.63, 3.8) is 0 Å². The van der Waals surface area contributed by atoms with Crippen molar-refractivity contribution in [3.05, 3.63) is 81.3 Å². The van der Waals surface area contributed by atoms with Gasteiger partial charge in [0.2, 0.25) is 11.9 Å². The van der Waals surface area contributed by atoms with Gasteiger partial charge in [0.05, 0.1) is 0 Å². The Kier molecular flexibility index (Phi) is 5.72. The van der Waals surface area contributed by atoms with E-state index in [1.165, 1.54) is 16.7 Å². The Hall–Kier alpha value is -3.55. The predicted molar refractivity (Wildman–Crippen MR) is 107 cm³/mol. The van der Waals surface area contributed by atoms with Gasteiger partial charge in [-0.1, -0.05) is 6.07 Å². The second-order valence-corrected chi connectivity index (χ2v) is 6.75. The number of rotatable bonds is 5. The fourth-order valence-corrected chi connectivity index (χ4v) is 2.74. The highest BCUT2D eigenvalue weighted by molar-refractivity contribution is 5.90. The van der Waals surface area contributed by atoms with Crippen molar-refractivity contribution >= 4 is 23.2 Å². The molecule has 0 bridgehead atoms. The Morgan fingerprint density at radius 2 is 1.69 bits per heavy atom. The highest BCUT2D eigenvalue weighted by Crippen LogP contribution is 2.18. The minimum Gasteiger partial charge on any atom is -0.326 e. The molecule has 3 aromatic rings. The molecule has 0 saturated heterocycles. The van der Waals surface area contributed by atoms with Crippen LogP contribution >= 0.6 is 0 Å². The van der Waals surface area contributed by atoms with Gasteiger partial charge in [0.1, 0.15) is 6.54 Å². The van der Waals surface area contributed by atoms with E-state index >= 15 is 0 Å². The van der Waals surface area contributed by atoms with E-state index in [1.807, 2.05) is 32.0 Å². The van der Waals surface area contributed by atoms with Crippen LogP contribution in [0, 0.1) is 32.4 Å². The van der Waals surface area contributed by atoms with Gasteiger partial charge in [-0.05, 0) is 56.2 Å². The molecule has 0 saturated carbocycles. The minimum atomic E-state index is -1.07. The van der Waals surface area contributed by atoms with Crippen molar-refractivity contribution in [1.82, 2.24) is 9.55 Å². The largest absolute Gasteiger partial charge is 0.326 e. The zero-order valence-electron chi connectivity index (χ0n) is 16.2. The highest BCUT2D eigenvalue weighted by Gasteiger charge is 2.13. The molecule has 0 aliphatic heterocycles. The van der Waals surface area contributed by atoms with E-state index in [0.717, 1.165) is 28.9 Å². The first-order valence-electron chi connectivity index (χ1n) is 8.90. The van der Waals surface area contributed by atoms with Gasteiger partial charge in [-0.2, -0.15) is 0 Å². The smallest absolute Gasteiger partial charge is 0.255 e. The summed E-state index contributed by atoms with van der Waals surface area (Å²) in [6.45, 7) is 5.28. The molecule has 0 atom stereocenters. The van der Waals surface area contributed by atoms with E-state index in [-0.39, 0.29) is 18.2 Å². The molecule has 0 spiro atoms. The Labute approximate surface area is 166 Å². The lowest BCUT2D eigenvalue weighted by Gasteiger charge is -2.15. The van der Waals surface area contributed by atoms with Gasteiger partial charge >= 0.3 is 0 Å². The SMILES string of the molecule is Cc1cc(=O)n(CC(=O)Nc2ccc(F)c(F)c2)c(Nc2ccc(C)c(C)c2)n1. The van der Waals surface area contributed by atoms with Crippen molar-refractivity contribution in [2.75, 3.05) is 10.6 Å². The maximum atomic E-state index is 13.3. The van der Waals surface area contributed by atoms with E-state index in [0.29, 0.717) is 5.69 Å². The molecule has 0 radical (unpaired) electrons. The number of hydrogen-bond acceptors (Lipinski definition) is 4. The molecule has 0 unspecified atom stereocenters. The fourth-order valence-electron chi connectivity index (χ4n) is 2.74. The zero-order chi connectivity index (χ0) is 21.1. The van der Waals surface area contributed by atoms with Crippen LogP contribution in [-0.4, -0.2) is 15.5 Å². The van der Waals surface area contributed by atoms with Crippen LogP contribution in [0.15, 0.2) is 47.3 Å². The maximum Gasteiger partial charge on any atom is 0.255 e. The van der Waals surface area contributed by atoms with Gasteiger partial charge in [0.25, 0.3) is 5.56 Å². The van der Waals surface area contributed by atoms with Gasteiger partial charge in [-0.15, -0.1) is 0 Å². The Bertz CT molecular complexity index is 1140. The van der Waals surface area contributed by atoms with E-state index in [4.69, 9.17) is 0 Å². The molecule has 8 heteroatoms. The van der Waals surface area contributed by atoms with Gasteiger partial charge in [-0.25, -0.2) is 13.8 Å². The number of aromatic nitrogens is 2. The van der Waals surface area contributed by atoms with Gasteiger partial charge in [0.15, 0.2) is 11.6 Å². The lowest BCUT2D eigenvalue weighted by atomic mass is 10.1. The van der Waals surface area contributed by atoms with Crippen LogP contribution in [0.2, 0.25) is 0 Å². The lowest BCUT2D eigenvalue weighted by Crippen LogP contribution is -2.30. The van der Waals surface area contributed by atoms with Crippen LogP contribution in [0.25, 0.3) is 0 Å². The van der Waals surface area contributed by atoms with Gasteiger partial charge in [0, 0.05) is 29.2 Å². The normalized spacial score (nSPS) is 10.7. The van der Waals surface area contributed by atoms with Gasteiger partial charge < -0.3 is 10.6 Å². The molecule has 0 aliphatic rings. The summed E-state index contributed by atoms with van der Waals surface area (Å²) in [7, 11) is 0. The summed E-state index contributed by atoms with van der Waals surface area (Å²) in [5.74, 6) is -2.46. The molecule has 2 N–H and O–H groups in total. The number of nitrogens with one attached hydrogen (secondary N) is 2. The number of anilines is 3. The third-order valence-corrected chi connectivity index (χ3v) is 4.40. The van der Waals surface area contributed by atoms with Crippen LogP contribution in [-0.2, 0) is 11.3 Å². The van der Waals surface area contributed by atoms with E-state index < -0.39 is 23.1 Å². The number of aryl methyl sites for hydroxylation is 3. The van der Waals surface area contributed by atoms with Crippen molar-refractivity contribution in [2.24, 2.45) is 0 Å². The number of nitrogens with zero attached hydrogens (tertiary/aromatic N) is 2. The van der Waals surface area contributed by atoms with Crippen LogP contribution in [0.5, 0.6) is 0 Å². The first-order valence-corrected chi connectivity index (χ1v) is 8.90. The van der Waals surface area contributed by atoms with Crippen molar-refractivity contribution in [3.8, 4) is 0 Å². The second kappa shape index (κ2) is 8.22. The molecule has 1 heterocycles. The summed E-state index contributed by atoms with van der Waals surface area (Å²) in [6, 6.07) is 10.0. The monoisotopic (exact) mass is 398 g/mol. The molecule has 0 fully saturated rings. The quantitative estimate of drug-likeness (QED) is 0.685. The number of benzene rings is 2. The molecule has 1 aromatic heterocycles. The Balaban J connectivity index is 1.86. The summed E-state index contributed by atoms with van der Waals surface area (Å²) in [5, 5.41) is 5.52. The summed E-state index contributed by atoms with van der Waals surface area (Å²) in [6.07, 6.45) is 0.